The lowest BCUT2D eigenvalue weighted by Crippen LogP contribution is -2.61. The first-order valence-corrected chi connectivity index (χ1v) is 16.8. The SMILES string of the molecule is C[C@H](NC(=O)[C@@H](N)Cc1c[nH]c2ccccc12)C(=O)N[C@@H](CO)C(=O)N[C@H](C(=O)N[C@@H](CCCN=C(N)N)C(=O)NCC(=O)N[C@@H](CO)C(=O)O)[C@@H](C)O. The van der Waals surface area contributed by atoms with Crippen molar-refractivity contribution in [1.29, 1.82) is 0 Å². The second-order valence-electron chi connectivity index (χ2n) is 12.2. The number of aliphatic imine (C=N–C) groups is 1. The van der Waals surface area contributed by atoms with Crippen molar-refractivity contribution in [2.24, 2.45) is 22.2 Å². The number of carbonyl (C=O) groups is 7. The highest BCUT2D eigenvalue weighted by molar-refractivity contribution is 5.97. The molecule has 0 radical (unpaired) electrons. The van der Waals surface area contributed by atoms with Crippen molar-refractivity contribution in [3.05, 3.63) is 36.0 Å². The van der Waals surface area contributed by atoms with Crippen molar-refractivity contribution in [2.45, 2.75) is 75.5 Å². The Hall–Kier alpha value is -5.84. The number of carboxylic acid groups (broad SMARTS) is 1. The topological polar surface area (TPSA) is 379 Å². The van der Waals surface area contributed by atoms with Gasteiger partial charge < -0.3 is 74.5 Å². The van der Waals surface area contributed by atoms with Crippen LogP contribution in [0.25, 0.3) is 10.9 Å². The maximum absolute atomic E-state index is 13.3. The van der Waals surface area contributed by atoms with Gasteiger partial charge in [-0.3, -0.25) is 33.8 Å². The summed E-state index contributed by atoms with van der Waals surface area (Å²) in [6.45, 7) is -0.114. The third kappa shape index (κ3) is 13.9. The molecule has 0 aliphatic carbocycles. The van der Waals surface area contributed by atoms with Gasteiger partial charge in [-0.15, -0.1) is 0 Å². The molecule has 7 atom stereocenters. The molecule has 0 aliphatic rings. The van der Waals surface area contributed by atoms with Crippen LogP contribution in [0.4, 0.5) is 0 Å². The van der Waals surface area contributed by atoms with E-state index in [9.17, 15) is 43.8 Å². The van der Waals surface area contributed by atoms with Gasteiger partial charge in [0.2, 0.25) is 35.4 Å². The summed E-state index contributed by atoms with van der Waals surface area (Å²) in [5.74, 6) is -7.38. The Kier molecular flexibility index (Phi) is 17.8. The van der Waals surface area contributed by atoms with E-state index in [1.54, 1.807) is 6.20 Å². The quantitative estimate of drug-likeness (QED) is 0.0302. The average molecular weight is 764 g/mol. The Bertz CT molecular complexity index is 1660. The van der Waals surface area contributed by atoms with Crippen LogP contribution >= 0.6 is 0 Å². The molecule has 17 N–H and O–H groups in total. The van der Waals surface area contributed by atoms with Gasteiger partial charge in [-0.05, 0) is 44.7 Å². The number of nitrogens with two attached hydrogens (primary N) is 3. The molecule has 1 aromatic carbocycles. The van der Waals surface area contributed by atoms with Crippen LogP contribution in [0.1, 0.15) is 32.3 Å². The van der Waals surface area contributed by atoms with E-state index in [4.69, 9.17) is 27.4 Å². The maximum Gasteiger partial charge on any atom is 0.328 e. The van der Waals surface area contributed by atoms with E-state index < -0.39 is 104 Å². The molecule has 22 nitrogen and oxygen atoms in total. The number of para-hydroxylation sites is 1. The Morgan fingerprint density at radius 3 is 2.07 bits per heavy atom. The zero-order chi connectivity index (χ0) is 40.5. The molecule has 2 rings (SSSR count). The molecule has 0 aliphatic heterocycles. The van der Waals surface area contributed by atoms with Crippen LogP contribution in [0.15, 0.2) is 35.5 Å². The van der Waals surface area contributed by atoms with Gasteiger partial charge in [-0.25, -0.2) is 4.79 Å². The minimum Gasteiger partial charge on any atom is -0.480 e. The van der Waals surface area contributed by atoms with E-state index in [1.165, 1.54) is 6.92 Å². The standard InChI is InChI=1S/C32H49N11O11/c1-15(39-27(49)19(33)10-17-11-37-20-7-4-3-6-18(17)20)26(48)42-22(13-44)29(51)43-25(16(2)46)30(52)41-21(8-5-9-36-32(34)35)28(50)38-12-24(47)40-23(14-45)31(53)54/h3-4,6-7,11,15-16,19,21-23,25,37,44-46H,5,8-10,12-14,33H2,1-2H3,(H,38,50)(H,39,49)(H,40,47)(H,41,52)(H,42,48)(H,43,51)(H,53,54)(H4,34,35,36)/t15-,16+,19-,21-,22-,23-,25-/m0/s1. The average Bonchev–Trinajstić information content (AvgIpc) is 3.53. The van der Waals surface area contributed by atoms with Crippen molar-refractivity contribution in [2.75, 3.05) is 26.3 Å². The van der Waals surface area contributed by atoms with Crippen LogP contribution in [0.5, 0.6) is 0 Å². The summed E-state index contributed by atoms with van der Waals surface area (Å²) in [6, 6.07) is -1.26. The summed E-state index contributed by atoms with van der Waals surface area (Å²) in [6.07, 6.45) is 0.310. The fourth-order valence-corrected chi connectivity index (χ4v) is 4.92. The summed E-state index contributed by atoms with van der Waals surface area (Å²) in [5, 5.41) is 52.7. The van der Waals surface area contributed by atoms with Crippen LogP contribution in [0, 0.1) is 0 Å². The second kappa shape index (κ2) is 21.6. The van der Waals surface area contributed by atoms with Crippen molar-refractivity contribution in [1.82, 2.24) is 36.9 Å². The number of carboxylic acids is 1. The lowest BCUT2D eigenvalue weighted by Gasteiger charge is -2.27. The molecule has 0 fully saturated rings. The van der Waals surface area contributed by atoms with Gasteiger partial charge in [0.25, 0.3) is 0 Å². The molecule has 0 bridgehead atoms. The molecule has 1 aromatic heterocycles. The predicted octanol–water partition coefficient (Wildman–Crippen LogP) is -5.90. The number of H-pyrrole nitrogens is 1. The molecular weight excluding hydrogens is 714 g/mol. The van der Waals surface area contributed by atoms with E-state index in [2.05, 4.69) is 36.6 Å². The van der Waals surface area contributed by atoms with Gasteiger partial charge >= 0.3 is 5.97 Å². The molecule has 0 spiro atoms. The number of fused-ring (bicyclic) bond motifs is 1. The van der Waals surface area contributed by atoms with Crippen molar-refractivity contribution < 1.29 is 54.0 Å². The number of nitrogens with zero attached hydrogens (tertiary/aromatic N) is 1. The molecule has 6 amide bonds. The Labute approximate surface area is 309 Å². The smallest absolute Gasteiger partial charge is 0.328 e. The van der Waals surface area contributed by atoms with Crippen LogP contribution in [-0.4, -0.2) is 141 Å². The lowest BCUT2D eigenvalue weighted by atomic mass is 10.0. The third-order valence-corrected chi connectivity index (χ3v) is 7.90. The molecule has 54 heavy (non-hydrogen) atoms. The summed E-state index contributed by atoms with van der Waals surface area (Å²) in [5.41, 5.74) is 18.4. The summed E-state index contributed by atoms with van der Waals surface area (Å²) < 4.78 is 0. The number of aliphatic hydroxyl groups is 3. The zero-order valence-electron chi connectivity index (χ0n) is 29.7. The van der Waals surface area contributed by atoms with Crippen LogP contribution in [0.2, 0.25) is 0 Å². The van der Waals surface area contributed by atoms with Crippen LogP contribution in [-0.2, 0) is 40.0 Å². The largest absolute Gasteiger partial charge is 0.480 e. The van der Waals surface area contributed by atoms with Gasteiger partial charge in [0.05, 0.1) is 31.9 Å². The third-order valence-electron chi connectivity index (χ3n) is 7.90. The second-order valence-corrected chi connectivity index (χ2v) is 12.2. The normalized spacial score (nSPS) is 14.9. The number of guanidine groups is 1. The number of hydrogen-bond donors (Lipinski definition) is 14. The molecule has 0 saturated heterocycles. The fraction of sp³-hybridized carbons (Fsp3) is 0.500. The van der Waals surface area contributed by atoms with Crippen molar-refractivity contribution in [3.8, 4) is 0 Å². The minimum absolute atomic E-state index is 0.0304. The van der Waals surface area contributed by atoms with Crippen molar-refractivity contribution >= 4 is 58.3 Å². The Morgan fingerprint density at radius 2 is 1.46 bits per heavy atom. The number of hydrogen-bond acceptors (Lipinski definition) is 12. The van der Waals surface area contributed by atoms with Crippen LogP contribution in [0.3, 0.4) is 0 Å². The molecular formula is C32H49N11O11. The molecule has 0 unspecified atom stereocenters. The van der Waals surface area contributed by atoms with E-state index in [0.29, 0.717) is 0 Å². The highest BCUT2D eigenvalue weighted by Gasteiger charge is 2.33. The van der Waals surface area contributed by atoms with Gasteiger partial charge in [-0.2, -0.15) is 0 Å². The number of amides is 6. The van der Waals surface area contributed by atoms with Gasteiger partial charge in [0.15, 0.2) is 5.96 Å². The molecule has 22 heteroatoms. The fourth-order valence-electron chi connectivity index (χ4n) is 4.92. The molecule has 2 aromatic rings. The monoisotopic (exact) mass is 763 g/mol. The number of aliphatic hydroxyl groups excluding tert-OH is 3. The first-order valence-electron chi connectivity index (χ1n) is 16.8. The van der Waals surface area contributed by atoms with Crippen LogP contribution < -0.4 is 49.1 Å². The summed E-state index contributed by atoms with van der Waals surface area (Å²) in [4.78, 5) is 95.1. The number of aromatic nitrogens is 1. The molecule has 298 valence electrons. The minimum atomic E-state index is -1.74. The number of aliphatic carboxylic acids is 1. The zero-order valence-corrected chi connectivity index (χ0v) is 29.7. The van der Waals surface area contributed by atoms with Gasteiger partial charge in [0, 0.05) is 23.6 Å². The van der Waals surface area contributed by atoms with E-state index in [-0.39, 0.29) is 31.8 Å². The Morgan fingerprint density at radius 1 is 0.815 bits per heavy atom. The van der Waals surface area contributed by atoms with Gasteiger partial charge in [0.1, 0.15) is 30.2 Å². The lowest BCUT2D eigenvalue weighted by molar-refractivity contribution is -0.143. The van der Waals surface area contributed by atoms with E-state index in [0.717, 1.165) is 23.4 Å². The number of aromatic amines is 1. The summed E-state index contributed by atoms with van der Waals surface area (Å²) >= 11 is 0. The first-order chi connectivity index (χ1) is 25.5. The molecule has 1 heterocycles. The summed E-state index contributed by atoms with van der Waals surface area (Å²) in [7, 11) is 0. The van der Waals surface area contributed by atoms with E-state index in [1.807, 2.05) is 29.6 Å². The number of nitrogens with one attached hydrogen (secondary N) is 7. The highest BCUT2D eigenvalue weighted by Crippen LogP contribution is 2.18. The number of rotatable bonds is 22. The highest BCUT2D eigenvalue weighted by atomic mass is 16.4. The first kappa shape index (κ1) is 44.3. The van der Waals surface area contributed by atoms with Crippen molar-refractivity contribution in [3.63, 3.8) is 0 Å². The predicted molar refractivity (Wildman–Crippen MR) is 192 cm³/mol. The number of carbonyl (C=O) groups excluding carboxylic acids is 6. The number of benzene rings is 1. The molecule has 0 saturated carbocycles. The Balaban J connectivity index is 2.04. The van der Waals surface area contributed by atoms with E-state index >= 15 is 0 Å². The maximum atomic E-state index is 13.3. The van der Waals surface area contributed by atoms with Gasteiger partial charge in [-0.1, -0.05) is 18.2 Å².